The van der Waals surface area contributed by atoms with E-state index in [2.05, 4.69) is 15.9 Å². The van der Waals surface area contributed by atoms with Gasteiger partial charge < -0.3 is 5.73 Å². The molecule has 0 fully saturated rings. The second kappa shape index (κ2) is 5.93. The fourth-order valence-electron chi connectivity index (χ4n) is 1.15. The molecule has 0 atom stereocenters. The highest BCUT2D eigenvalue weighted by atomic mass is 79.9. The van der Waals surface area contributed by atoms with Crippen LogP contribution < -0.4 is 5.73 Å². The zero-order valence-electron chi connectivity index (χ0n) is 8.94. The number of nitrogen functional groups attached to an aromatic ring is 1. The Bertz CT molecular complexity index is 460. The summed E-state index contributed by atoms with van der Waals surface area (Å²) in [5, 5.41) is 0. The van der Waals surface area contributed by atoms with E-state index >= 15 is 0 Å². The predicted molar refractivity (Wildman–Crippen MR) is 73.6 cm³/mol. The zero-order valence-corrected chi connectivity index (χ0v) is 12.2. The Labute approximate surface area is 109 Å². The van der Waals surface area contributed by atoms with Crippen LogP contribution >= 0.6 is 27.7 Å². The molecule has 0 aromatic heterocycles. The minimum Gasteiger partial charge on any atom is -0.398 e. The van der Waals surface area contributed by atoms with Crippen LogP contribution in [0.2, 0.25) is 0 Å². The van der Waals surface area contributed by atoms with Crippen molar-refractivity contribution in [1.82, 2.24) is 0 Å². The van der Waals surface area contributed by atoms with E-state index in [0.29, 0.717) is 6.42 Å². The van der Waals surface area contributed by atoms with Gasteiger partial charge in [-0.25, -0.2) is 8.42 Å². The number of thioether (sulfide) groups is 1. The van der Waals surface area contributed by atoms with Gasteiger partial charge in [0.15, 0.2) is 0 Å². The van der Waals surface area contributed by atoms with E-state index in [1.54, 1.807) is 11.8 Å². The zero-order chi connectivity index (χ0) is 12.2. The topological polar surface area (TPSA) is 60.2 Å². The SMILES string of the molecule is CS(=O)(=O)CCCSc1ccc(Br)cc1N. The summed E-state index contributed by atoms with van der Waals surface area (Å²) in [5.41, 5.74) is 6.54. The van der Waals surface area contributed by atoms with Gasteiger partial charge >= 0.3 is 0 Å². The molecule has 0 aliphatic heterocycles. The molecular formula is C10H14BrNO2S2. The van der Waals surface area contributed by atoms with Crippen LogP contribution in [0.5, 0.6) is 0 Å². The third kappa shape index (κ3) is 5.23. The summed E-state index contributed by atoms with van der Waals surface area (Å²) < 4.78 is 22.8. The quantitative estimate of drug-likeness (QED) is 0.514. The molecule has 2 N–H and O–H groups in total. The maximum absolute atomic E-state index is 10.9. The van der Waals surface area contributed by atoms with Crippen LogP contribution in [0.3, 0.4) is 0 Å². The molecule has 1 aromatic rings. The molecule has 0 heterocycles. The van der Waals surface area contributed by atoms with E-state index in [4.69, 9.17) is 5.73 Å². The molecule has 0 radical (unpaired) electrons. The highest BCUT2D eigenvalue weighted by molar-refractivity contribution is 9.10. The van der Waals surface area contributed by atoms with E-state index in [-0.39, 0.29) is 5.75 Å². The number of halogens is 1. The lowest BCUT2D eigenvalue weighted by atomic mass is 10.3. The lowest BCUT2D eigenvalue weighted by Crippen LogP contribution is -2.03. The van der Waals surface area contributed by atoms with Gasteiger partial charge in [0.2, 0.25) is 0 Å². The molecule has 0 unspecified atom stereocenters. The molecule has 0 amide bonds. The maximum Gasteiger partial charge on any atom is 0.147 e. The number of rotatable bonds is 5. The second-order valence-corrected chi connectivity index (χ2v) is 7.83. The molecule has 0 aliphatic rings. The number of nitrogens with two attached hydrogens (primary N) is 1. The normalized spacial score (nSPS) is 11.6. The van der Waals surface area contributed by atoms with E-state index in [9.17, 15) is 8.42 Å². The number of benzene rings is 1. The molecule has 16 heavy (non-hydrogen) atoms. The van der Waals surface area contributed by atoms with Crippen LogP contribution in [0.25, 0.3) is 0 Å². The first-order valence-electron chi connectivity index (χ1n) is 4.74. The number of hydrogen-bond acceptors (Lipinski definition) is 4. The smallest absolute Gasteiger partial charge is 0.147 e. The van der Waals surface area contributed by atoms with Crippen molar-refractivity contribution in [1.29, 1.82) is 0 Å². The Balaban J connectivity index is 2.43. The molecule has 3 nitrogen and oxygen atoms in total. The summed E-state index contributed by atoms with van der Waals surface area (Å²) in [6, 6.07) is 5.71. The highest BCUT2D eigenvalue weighted by Gasteiger charge is 2.04. The van der Waals surface area contributed by atoms with E-state index in [1.807, 2.05) is 18.2 Å². The lowest BCUT2D eigenvalue weighted by molar-refractivity contribution is 0.600. The van der Waals surface area contributed by atoms with Gasteiger partial charge in [0, 0.05) is 21.3 Å². The van der Waals surface area contributed by atoms with Gasteiger partial charge in [0.25, 0.3) is 0 Å². The van der Waals surface area contributed by atoms with Gasteiger partial charge in [-0.15, -0.1) is 11.8 Å². The van der Waals surface area contributed by atoms with Gasteiger partial charge in [-0.1, -0.05) is 15.9 Å². The molecule has 0 saturated heterocycles. The standard InChI is InChI=1S/C10H14BrNO2S2/c1-16(13,14)6-2-5-15-10-4-3-8(11)7-9(10)12/h3-4,7H,2,5-6,12H2,1H3. The van der Waals surface area contributed by atoms with Gasteiger partial charge in [0.05, 0.1) is 5.75 Å². The van der Waals surface area contributed by atoms with Crippen molar-refractivity contribution in [3.8, 4) is 0 Å². The molecule has 1 rings (SSSR count). The third-order valence-corrected chi connectivity index (χ3v) is 4.59. The Hall–Kier alpha value is -0.200. The minimum atomic E-state index is -2.85. The second-order valence-electron chi connectivity index (χ2n) is 3.51. The summed E-state index contributed by atoms with van der Waals surface area (Å²) >= 11 is 4.92. The Morgan fingerprint density at radius 2 is 2.12 bits per heavy atom. The number of sulfone groups is 1. The van der Waals surface area contributed by atoms with Crippen molar-refractivity contribution >= 4 is 43.2 Å². The van der Waals surface area contributed by atoms with Crippen molar-refractivity contribution < 1.29 is 8.42 Å². The highest BCUT2D eigenvalue weighted by Crippen LogP contribution is 2.28. The molecule has 6 heteroatoms. The van der Waals surface area contributed by atoms with Crippen LogP contribution in [-0.2, 0) is 9.84 Å². The van der Waals surface area contributed by atoms with Gasteiger partial charge in [-0.3, -0.25) is 0 Å². The predicted octanol–water partition coefficient (Wildman–Crippen LogP) is 2.56. The number of hydrogen-bond donors (Lipinski definition) is 1. The first-order chi connectivity index (χ1) is 7.38. The molecule has 0 spiro atoms. The maximum atomic E-state index is 10.9. The first kappa shape index (κ1) is 13.9. The first-order valence-corrected chi connectivity index (χ1v) is 8.58. The minimum absolute atomic E-state index is 0.233. The Kier molecular flexibility index (Phi) is 5.14. The summed E-state index contributed by atoms with van der Waals surface area (Å²) in [4.78, 5) is 0.997. The van der Waals surface area contributed by atoms with Gasteiger partial charge in [-0.2, -0.15) is 0 Å². The fourth-order valence-corrected chi connectivity index (χ4v) is 3.28. The van der Waals surface area contributed by atoms with Gasteiger partial charge in [-0.05, 0) is 30.4 Å². The molecule has 0 bridgehead atoms. The summed E-state index contributed by atoms with van der Waals surface area (Å²) in [6.07, 6.45) is 1.91. The monoisotopic (exact) mass is 323 g/mol. The van der Waals surface area contributed by atoms with Crippen LogP contribution in [0.4, 0.5) is 5.69 Å². The van der Waals surface area contributed by atoms with Crippen molar-refractivity contribution in [3.63, 3.8) is 0 Å². The van der Waals surface area contributed by atoms with Crippen LogP contribution in [0.15, 0.2) is 27.6 Å². The fraction of sp³-hybridized carbons (Fsp3) is 0.400. The third-order valence-electron chi connectivity index (χ3n) is 1.89. The van der Waals surface area contributed by atoms with Crippen molar-refractivity contribution in [3.05, 3.63) is 22.7 Å². The van der Waals surface area contributed by atoms with Crippen LogP contribution in [-0.4, -0.2) is 26.2 Å². The molecule has 0 aliphatic carbocycles. The number of anilines is 1. The van der Waals surface area contributed by atoms with E-state index in [1.165, 1.54) is 6.26 Å². The largest absolute Gasteiger partial charge is 0.398 e. The van der Waals surface area contributed by atoms with Crippen LogP contribution in [0, 0.1) is 0 Å². The summed E-state index contributed by atoms with van der Waals surface area (Å²) in [5.74, 6) is 0.995. The van der Waals surface area contributed by atoms with Crippen molar-refractivity contribution in [2.24, 2.45) is 0 Å². The van der Waals surface area contributed by atoms with Crippen LogP contribution in [0.1, 0.15) is 6.42 Å². The Morgan fingerprint density at radius 1 is 1.44 bits per heavy atom. The Morgan fingerprint density at radius 3 is 2.69 bits per heavy atom. The molecule has 0 saturated carbocycles. The average Bonchev–Trinajstić information content (AvgIpc) is 2.13. The molecule has 1 aromatic carbocycles. The van der Waals surface area contributed by atoms with Gasteiger partial charge in [0.1, 0.15) is 9.84 Å². The molecule has 90 valence electrons. The summed E-state index contributed by atoms with van der Waals surface area (Å²) in [6.45, 7) is 0. The van der Waals surface area contributed by atoms with E-state index in [0.717, 1.165) is 20.8 Å². The lowest BCUT2D eigenvalue weighted by Gasteiger charge is -2.05. The molecular weight excluding hydrogens is 310 g/mol. The van der Waals surface area contributed by atoms with Crippen molar-refractivity contribution in [2.75, 3.05) is 23.5 Å². The summed E-state index contributed by atoms with van der Waals surface area (Å²) in [7, 11) is -2.85. The van der Waals surface area contributed by atoms with Crippen molar-refractivity contribution in [2.45, 2.75) is 11.3 Å². The van der Waals surface area contributed by atoms with E-state index < -0.39 is 9.84 Å². The average molecular weight is 324 g/mol.